The highest BCUT2D eigenvalue weighted by Crippen LogP contribution is 2.65. The van der Waals surface area contributed by atoms with E-state index >= 15 is 0 Å². The summed E-state index contributed by atoms with van der Waals surface area (Å²) in [5, 5.41) is 29.8. The summed E-state index contributed by atoms with van der Waals surface area (Å²) in [7, 11) is 0. The minimum Gasteiger partial charge on any atom is -0.393 e. The number of fused-ring (bicyclic) bond motifs is 6. The summed E-state index contributed by atoms with van der Waals surface area (Å²) >= 11 is 0. The van der Waals surface area contributed by atoms with Gasteiger partial charge in [0.05, 0.1) is 11.7 Å². The lowest BCUT2D eigenvalue weighted by molar-refractivity contribution is -0.111. The van der Waals surface area contributed by atoms with Gasteiger partial charge in [0.1, 0.15) is 17.7 Å². The Morgan fingerprint density at radius 1 is 1.00 bits per heavy atom. The number of aromatic nitrogens is 1. The number of rotatable bonds is 0. The number of nitriles is 2. The summed E-state index contributed by atoms with van der Waals surface area (Å²) in [4.78, 5) is 15.2. The summed E-state index contributed by atoms with van der Waals surface area (Å²) in [6.45, 7) is 4.69. The second kappa shape index (κ2) is 6.19. The van der Waals surface area contributed by atoms with E-state index in [1.165, 1.54) is 6.42 Å². The van der Waals surface area contributed by atoms with Gasteiger partial charge in [-0.15, -0.1) is 0 Å². The molecule has 0 unspecified atom stereocenters. The molecule has 4 aliphatic rings. The smallest absolute Gasteiger partial charge is 0.267 e. The van der Waals surface area contributed by atoms with Crippen LogP contribution in [0.4, 0.5) is 0 Å². The van der Waals surface area contributed by atoms with Crippen LogP contribution in [-0.4, -0.2) is 16.2 Å². The van der Waals surface area contributed by atoms with E-state index in [4.69, 9.17) is 0 Å². The highest BCUT2D eigenvalue weighted by Gasteiger charge is 2.60. The van der Waals surface area contributed by atoms with Gasteiger partial charge >= 0.3 is 0 Å². The number of aliphatic hydroxyl groups excluding tert-OH is 1. The minimum absolute atomic E-state index is 0.0317. The number of pyridine rings is 1. The van der Waals surface area contributed by atoms with Gasteiger partial charge in [0, 0.05) is 5.69 Å². The molecule has 2 N–H and O–H groups in total. The molecule has 1 aromatic heterocycles. The maximum absolute atomic E-state index is 12.3. The lowest BCUT2D eigenvalue weighted by Crippen LogP contribution is -2.55. The number of nitrogens with one attached hydrogen (secondary N) is 1. The summed E-state index contributed by atoms with van der Waals surface area (Å²) in [5.74, 6) is 2.32. The molecule has 7 atom stereocenters. The van der Waals surface area contributed by atoms with Crippen LogP contribution in [-0.2, 0) is 12.8 Å². The average Bonchev–Trinajstić information content (AvgIpc) is 3.00. The van der Waals surface area contributed by atoms with E-state index in [1.54, 1.807) is 0 Å². The van der Waals surface area contributed by atoms with Crippen LogP contribution < -0.4 is 5.56 Å². The predicted molar refractivity (Wildman–Crippen MR) is 108 cm³/mol. The molecular weight excluding hydrogens is 362 g/mol. The molecule has 152 valence electrons. The third-order valence-corrected chi connectivity index (χ3v) is 9.65. The van der Waals surface area contributed by atoms with E-state index in [-0.39, 0.29) is 22.5 Å². The molecular formula is C24H29N3O2. The van der Waals surface area contributed by atoms with E-state index in [9.17, 15) is 20.4 Å². The standard InChI is InChI=1S/C24H29N3O2/c1-23-8-7-19-14(18(23)5-6-21(23)28)4-3-13-9-20-15(10-24(13,19)2)16(11-25)17(12-26)22(29)27-20/h13-14,18-19,21,28H,3-10H2,1-2H3,(H,27,29)/t13-,14+,18+,19-,21-,23-,24-/m0/s1. The number of aromatic amines is 1. The quantitative estimate of drug-likeness (QED) is 0.707. The van der Waals surface area contributed by atoms with Crippen LogP contribution in [0, 0.1) is 57.2 Å². The lowest BCUT2D eigenvalue weighted by atomic mass is 9.45. The van der Waals surface area contributed by atoms with Crippen molar-refractivity contribution in [3.05, 3.63) is 32.7 Å². The number of hydrogen-bond donors (Lipinski definition) is 2. The third kappa shape index (κ3) is 2.37. The Morgan fingerprint density at radius 2 is 1.72 bits per heavy atom. The molecule has 5 nitrogen and oxygen atoms in total. The van der Waals surface area contributed by atoms with Crippen LogP contribution in [0.1, 0.15) is 74.8 Å². The first-order valence-electron chi connectivity index (χ1n) is 11.1. The Hall–Kier alpha value is -2.11. The summed E-state index contributed by atoms with van der Waals surface area (Å²) < 4.78 is 0. The maximum Gasteiger partial charge on any atom is 0.267 e. The van der Waals surface area contributed by atoms with E-state index < -0.39 is 5.56 Å². The van der Waals surface area contributed by atoms with Gasteiger partial charge < -0.3 is 10.1 Å². The van der Waals surface area contributed by atoms with Crippen LogP contribution in [0.5, 0.6) is 0 Å². The molecule has 4 aliphatic carbocycles. The topological polar surface area (TPSA) is 101 Å². The Labute approximate surface area is 171 Å². The minimum atomic E-state index is -0.423. The zero-order valence-electron chi connectivity index (χ0n) is 17.3. The van der Waals surface area contributed by atoms with Gasteiger partial charge in [0.2, 0.25) is 0 Å². The zero-order valence-corrected chi connectivity index (χ0v) is 17.3. The van der Waals surface area contributed by atoms with E-state index in [0.717, 1.165) is 56.2 Å². The van der Waals surface area contributed by atoms with Crippen molar-refractivity contribution in [3.8, 4) is 12.1 Å². The Kier molecular flexibility index (Phi) is 4.03. The second-order valence-electron chi connectivity index (χ2n) is 10.6. The zero-order chi connectivity index (χ0) is 20.6. The van der Waals surface area contributed by atoms with Gasteiger partial charge in [0.25, 0.3) is 5.56 Å². The van der Waals surface area contributed by atoms with Crippen molar-refractivity contribution in [1.29, 1.82) is 10.5 Å². The fourth-order valence-electron chi connectivity index (χ4n) is 8.04. The molecule has 0 spiro atoms. The van der Waals surface area contributed by atoms with Crippen molar-refractivity contribution in [2.24, 2.45) is 34.5 Å². The van der Waals surface area contributed by atoms with E-state index in [2.05, 4.69) is 24.9 Å². The fourth-order valence-corrected chi connectivity index (χ4v) is 8.04. The molecule has 5 rings (SSSR count). The first-order valence-corrected chi connectivity index (χ1v) is 11.1. The SMILES string of the molecule is C[C@]12CC[C@H]3[C@H](CC[C@H]4Cc5[nH]c(=O)c(C#N)c(C#N)c5C[C@@]43C)[C@H]1CC[C@@H]2O. The summed E-state index contributed by atoms with van der Waals surface area (Å²) in [6, 6.07) is 4.13. The average molecular weight is 392 g/mol. The van der Waals surface area contributed by atoms with Crippen molar-refractivity contribution in [2.75, 3.05) is 0 Å². The van der Waals surface area contributed by atoms with Gasteiger partial charge in [-0.3, -0.25) is 4.79 Å². The highest BCUT2D eigenvalue weighted by molar-refractivity contribution is 5.52. The number of nitrogens with zero attached hydrogens (tertiary/aromatic N) is 2. The van der Waals surface area contributed by atoms with E-state index in [0.29, 0.717) is 29.2 Å². The molecule has 0 aromatic carbocycles. The van der Waals surface area contributed by atoms with E-state index in [1.807, 2.05) is 6.07 Å². The van der Waals surface area contributed by atoms with Gasteiger partial charge in [0.15, 0.2) is 0 Å². The van der Waals surface area contributed by atoms with Crippen molar-refractivity contribution in [2.45, 2.75) is 71.3 Å². The van der Waals surface area contributed by atoms with Crippen LogP contribution in [0.2, 0.25) is 0 Å². The summed E-state index contributed by atoms with van der Waals surface area (Å²) in [5.41, 5.74) is 1.77. The first-order chi connectivity index (χ1) is 13.8. The molecule has 0 saturated heterocycles. The van der Waals surface area contributed by atoms with Crippen molar-refractivity contribution in [3.63, 3.8) is 0 Å². The molecule has 1 heterocycles. The predicted octanol–water partition coefficient (Wildman–Crippen LogP) is 3.44. The molecule has 0 amide bonds. The fraction of sp³-hybridized carbons (Fsp3) is 0.708. The largest absolute Gasteiger partial charge is 0.393 e. The molecule has 1 aromatic rings. The highest BCUT2D eigenvalue weighted by atomic mass is 16.3. The normalized spacial score (nSPS) is 42.6. The first kappa shape index (κ1) is 18.9. The van der Waals surface area contributed by atoms with Gasteiger partial charge in [-0.05, 0) is 91.4 Å². The number of aliphatic hydroxyl groups is 1. The van der Waals surface area contributed by atoms with Crippen LogP contribution in [0.3, 0.4) is 0 Å². The number of H-pyrrole nitrogens is 1. The van der Waals surface area contributed by atoms with Gasteiger partial charge in [-0.2, -0.15) is 10.5 Å². The monoisotopic (exact) mass is 391 g/mol. The second-order valence-corrected chi connectivity index (χ2v) is 10.6. The molecule has 3 saturated carbocycles. The molecule has 5 heteroatoms. The molecule has 3 fully saturated rings. The maximum atomic E-state index is 12.3. The van der Waals surface area contributed by atoms with Crippen LogP contribution in [0.25, 0.3) is 0 Å². The molecule has 0 aliphatic heterocycles. The third-order valence-electron chi connectivity index (χ3n) is 9.65. The van der Waals surface area contributed by atoms with Gasteiger partial charge in [-0.25, -0.2) is 0 Å². The molecule has 29 heavy (non-hydrogen) atoms. The van der Waals surface area contributed by atoms with Crippen LogP contribution >= 0.6 is 0 Å². The van der Waals surface area contributed by atoms with Crippen LogP contribution in [0.15, 0.2) is 4.79 Å². The van der Waals surface area contributed by atoms with Crippen molar-refractivity contribution < 1.29 is 5.11 Å². The Balaban J connectivity index is 1.57. The Bertz CT molecular complexity index is 1010. The lowest BCUT2D eigenvalue weighted by Gasteiger charge is -2.60. The summed E-state index contributed by atoms with van der Waals surface area (Å²) in [6.07, 6.45) is 8.03. The van der Waals surface area contributed by atoms with Gasteiger partial charge in [-0.1, -0.05) is 13.8 Å². The van der Waals surface area contributed by atoms with Crippen molar-refractivity contribution in [1.82, 2.24) is 4.98 Å². The van der Waals surface area contributed by atoms with Crippen molar-refractivity contribution >= 4 is 0 Å². The molecule has 0 bridgehead atoms. The molecule has 0 radical (unpaired) electrons. The number of hydrogen-bond acceptors (Lipinski definition) is 4. The Morgan fingerprint density at radius 3 is 2.45 bits per heavy atom.